The largest absolute Gasteiger partial charge is 0.475 e. The van der Waals surface area contributed by atoms with Crippen LogP contribution in [-0.2, 0) is 14.6 Å². The van der Waals surface area contributed by atoms with Crippen molar-refractivity contribution in [2.24, 2.45) is 0 Å². The van der Waals surface area contributed by atoms with Gasteiger partial charge in [-0.2, -0.15) is 0 Å². The fourth-order valence-electron chi connectivity index (χ4n) is 2.01. The molecule has 0 aliphatic rings. The number of ether oxygens (including phenoxy) is 2. The lowest BCUT2D eigenvalue weighted by Gasteiger charge is -2.08. The second-order valence-electron chi connectivity index (χ2n) is 5.43. The van der Waals surface area contributed by atoms with Crippen molar-refractivity contribution in [3.05, 3.63) is 52.2 Å². The summed E-state index contributed by atoms with van der Waals surface area (Å²) in [5, 5.41) is 13.5. The van der Waals surface area contributed by atoms with E-state index < -0.39 is 26.4 Å². The summed E-state index contributed by atoms with van der Waals surface area (Å²) in [4.78, 5) is 26.3. The van der Waals surface area contributed by atoms with E-state index in [2.05, 4.69) is 10.3 Å². The van der Waals surface area contributed by atoms with E-state index in [-0.39, 0.29) is 10.5 Å². The van der Waals surface area contributed by atoms with Crippen LogP contribution in [0.1, 0.15) is 10.4 Å². The summed E-state index contributed by atoms with van der Waals surface area (Å²) in [7, 11) is -2.19. The summed E-state index contributed by atoms with van der Waals surface area (Å²) in [5.41, 5.74) is -0.348. The highest BCUT2D eigenvalue weighted by Crippen LogP contribution is 2.22. The molecule has 1 heterocycles. The van der Waals surface area contributed by atoms with E-state index in [1.807, 2.05) is 0 Å². The summed E-state index contributed by atoms with van der Waals surface area (Å²) in [6.07, 6.45) is 2.24. The van der Waals surface area contributed by atoms with E-state index in [1.165, 1.54) is 18.3 Å². The zero-order chi connectivity index (χ0) is 20.0. The monoisotopic (exact) mass is 395 g/mol. The normalized spacial score (nSPS) is 11.0. The predicted molar refractivity (Wildman–Crippen MR) is 95.8 cm³/mol. The van der Waals surface area contributed by atoms with E-state index >= 15 is 0 Å². The van der Waals surface area contributed by atoms with Crippen molar-refractivity contribution in [3.8, 4) is 5.88 Å². The fourth-order valence-corrected chi connectivity index (χ4v) is 2.68. The molecule has 10 nitrogen and oxygen atoms in total. The van der Waals surface area contributed by atoms with Gasteiger partial charge in [-0.3, -0.25) is 14.9 Å². The van der Waals surface area contributed by atoms with Crippen molar-refractivity contribution in [1.82, 2.24) is 4.98 Å². The molecule has 0 aliphatic carbocycles. The Bertz CT molecular complexity index is 943. The molecule has 1 amide bonds. The van der Waals surface area contributed by atoms with E-state index in [1.54, 1.807) is 7.11 Å². The Kier molecular flexibility index (Phi) is 6.42. The average molecular weight is 395 g/mol. The van der Waals surface area contributed by atoms with Gasteiger partial charge in [0.1, 0.15) is 6.61 Å². The zero-order valence-electron chi connectivity index (χ0n) is 14.5. The van der Waals surface area contributed by atoms with Crippen LogP contribution in [-0.4, -0.2) is 50.8 Å². The SMILES string of the molecule is COCCOc1ccc(NC(=O)c2cc([N+](=O)[O-])cc(S(C)(=O)=O)c2)cn1. The predicted octanol–water partition coefficient (Wildman–Crippen LogP) is 1.67. The number of amides is 1. The topological polar surface area (TPSA) is 138 Å². The number of aromatic nitrogens is 1. The minimum absolute atomic E-state index is 0.162. The number of anilines is 1. The number of non-ortho nitro benzene ring substituents is 1. The maximum Gasteiger partial charge on any atom is 0.271 e. The molecule has 27 heavy (non-hydrogen) atoms. The molecule has 144 valence electrons. The standard InChI is InChI=1S/C16H17N3O7S/c1-25-5-6-26-15-4-3-12(10-17-15)18-16(20)11-7-13(19(21)22)9-14(8-11)27(2,23)24/h3-4,7-10H,5-6H2,1-2H3,(H,18,20). The molecule has 0 atom stereocenters. The van der Waals surface area contributed by atoms with Crippen LogP contribution in [0.2, 0.25) is 0 Å². The van der Waals surface area contributed by atoms with Gasteiger partial charge in [0.15, 0.2) is 9.84 Å². The highest BCUT2D eigenvalue weighted by Gasteiger charge is 2.19. The maximum absolute atomic E-state index is 12.4. The van der Waals surface area contributed by atoms with Gasteiger partial charge in [0.2, 0.25) is 5.88 Å². The van der Waals surface area contributed by atoms with Crippen LogP contribution in [0.5, 0.6) is 5.88 Å². The fraction of sp³-hybridized carbons (Fsp3) is 0.250. The first-order valence-corrected chi connectivity index (χ1v) is 9.48. The molecule has 11 heteroatoms. The average Bonchev–Trinajstić information content (AvgIpc) is 2.62. The maximum atomic E-state index is 12.4. The number of rotatable bonds is 8. The Hall–Kier alpha value is -3.05. The number of hydrogen-bond donors (Lipinski definition) is 1. The number of benzene rings is 1. The Labute approximate surface area is 155 Å². The number of sulfone groups is 1. The molecule has 2 aromatic rings. The Morgan fingerprint density at radius 1 is 1.26 bits per heavy atom. The van der Waals surface area contributed by atoms with Gasteiger partial charge in [-0.25, -0.2) is 13.4 Å². The molecule has 1 aromatic carbocycles. The summed E-state index contributed by atoms with van der Waals surface area (Å²) >= 11 is 0. The number of methoxy groups -OCH3 is 1. The number of carbonyl (C=O) groups is 1. The number of nitrogens with zero attached hydrogens (tertiary/aromatic N) is 2. The minimum atomic E-state index is -3.73. The van der Waals surface area contributed by atoms with Crippen LogP contribution < -0.4 is 10.1 Å². The minimum Gasteiger partial charge on any atom is -0.475 e. The molecule has 0 fully saturated rings. The second-order valence-corrected chi connectivity index (χ2v) is 7.44. The number of pyridine rings is 1. The molecule has 0 saturated carbocycles. The summed E-state index contributed by atoms with van der Waals surface area (Å²) in [5.74, 6) is -0.377. The third kappa shape index (κ3) is 5.72. The van der Waals surface area contributed by atoms with Crippen molar-refractivity contribution in [3.63, 3.8) is 0 Å². The molecule has 0 unspecified atom stereocenters. The first kappa shape index (κ1) is 20.3. The molecular weight excluding hydrogens is 378 g/mol. The van der Waals surface area contributed by atoms with Gasteiger partial charge >= 0.3 is 0 Å². The van der Waals surface area contributed by atoms with E-state index in [4.69, 9.17) is 9.47 Å². The first-order chi connectivity index (χ1) is 12.7. The molecule has 1 aromatic heterocycles. The molecule has 2 rings (SSSR count). The zero-order valence-corrected chi connectivity index (χ0v) is 15.4. The van der Waals surface area contributed by atoms with Crippen LogP contribution in [0.4, 0.5) is 11.4 Å². The van der Waals surface area contributed by atoms with Crippen molar-refractivity contribution in [1.29, 1.82) is 0 Å². The number of nitro groups is 1. The molecule has 0 spiro atoms. The second kappa shape index (κ2) is 8.56. The highest BCUT2D eigenvalue weighted by molar-refractivity contribution is 7.90. The first-order valence-electron chi connectivity index (χ1n) is 7.59. The van der Waals surface area contributed by atoms with Gasteiger partial charge in [-0.1, -0.05) is 0 Å². The van der Waals surface area contributed by atoms with Crippen molar-refractivity contribution in [2.75, 3.05) is 31.9 Å². The number of nitrogens with one attached hydrogen (secondary N) is 1. The van der Waals surface area contributed by atoms with Crippen LogP contribution in [0.15, 0.2) is 41.4 Å². The van der Waals surface area contributed by atoms with Gasteiger partial charge in [0, 0.05) is 37.1 Å². The molecule has 0 bridgehead atoms. The quantitative estimate of drug-likeness (QED) is 0.405. The molecular formula is C16H17N3O7S. The van der Waals surface area contributed by atoms with Crippen molar-refractivity contribution in [2.45, 2.75) is 4.90 Å². The Morgan fingerprint density at radius 3 is 2.56 bits per heavy atom. The summed E-state index contributed by atoms with van der Waals surface area (Å²) in [6.45, 7) is 0.715. The van der Waals surface area contributed by atoms with Crippen LogP contribution in [0, 0.1) is 10.1 Å². The van der Waals surface area contributed by atoms with Gasteiger partial charge in [0.25, 0.3) is 11.6 Å². The smallest absolute Gasteiger partial charge is 0.271 e. The van der Waals surface area contributed by atoms with E-state index in [0.29, 0.717) is 24.8 Å². The lowest BCUT2D eigenvalue weighted by molar-refractivity contribution is -0.385. The molecule has 0 aliphatic heterocycles. The highest BCUT2D eigenvalue weighted by atomic mass is 32.2. The van der Waals surface area contributed by atoms with Gasteiger partial charge in [0.05, 0.1) is 28.3 Å². The van der Waals surface area contributed by atoms with Crippen molar-refractivity contribution >= 4 is 27.1 Å². The third-order valence-corrected chi connectivity index (χ3v) is 4.42. The third-order valence-electron chi connectivity index (χ3n) is 3.32. The summed E-state index contributed by atoms with van der Waals surface area (Å²) < 4.78 is 33.5. The molecule has 1 N–H and O–H groups in total. The van der Waals surface area contributed by atoms with Crippen LogP contribution in [0.3, 0.4) is 0 Å². The van der Waals surface area contributed by atoms with Gasteiger partial charge in [-0.15, -0.1) is 0 Å². The number of carbonyl (C=O) groups excluding carboxylic acids is 1. The number of nitro benzene ring substituents is 1. The Balaban J connectivity index is 2.20. The van der Waals surface area contributed by atoms with Crippen LogP contribution >= 0.6 is 0 Å². The lowest BCUT2D eigenvalue weighted by Crippen LogP contribution is -2.14. The summed E-state index contributed by atoms with van der Waals surface area (Å²) in [6, 6.07) is 6.04. The lowest BCUT2D eigenvalue weighted by atomic mass is 10.2. The number of hydrogen-bond acceptors (Lipinski definition) is 8. The Morgan fingerprint density at radius 2 is 2.00 bits per heavy atom. The van der Waals surface area contributed by atoms with Crippen LogP contribution in [0.25, 0.3) is 0 Å². The molecule has 0 saturated heterocycles. The van der Waals surface area contributed by atoms with E-state index in [9.17, 15) is 23.3 Å². The van der Waals surface area contributed by atoms with Gasteiger partial charge in [-0.05, 0) is 12.1 Å². The van der Waals surface area contributed by atoms with Gasteiger partial charge < -0.3 is 14.8 Å². The molecule has 0 radical (unpaired) electrons. The van der Waals surface area contributed by atoms with Crippen molar-refractivity contribution < 1.29 is 27.6 Å². The van der Waals surface area contributed by atoms with E-state index in [0.717, 1.165) is 24.5 Å².